The predicted molar refractivity (Wildman–Crippen MR) is 74.7 cm³/mol. The molecule has 5 heteroatoms. The van der Waals surface area contributed by atoms with Crippen molar-refractivity contribution in [3.8, 4) is 5.75 Å². The molecule has 104 valence electrons. The van der Waals surface area contributed by atoms with Crippen LogP contribution in [-0.2, 0) is 14.9 Å². The Morgan fingerprint density at radius 3 is 2.79 bits per heavy atom. The molecule has 0 spiro atoms. The van der Waals surface area contributed by atoms with E-state index in [1.165, 1.54) is 0 Å². The number of hydrogen-bond acceptors (Lipinski definition) is 3. The molecule has 1 aliphatic rings. The average Bonchev–Trinajstić information content (AvgIpc) is 2.32. The van der Waals surface area contributed by atoms with Gasteiger partial charge in [-0.2, -0.15) is 0 Å². The minimum Gasteiger partial charge on any atom is -0.496 e. The smallest absolute Gasteiger partial charge is 0.303 e. The largest absolute Gasteiger partial charge is 0.496 e. The highest BCUT2D eigenvalue weighted by molar-refractivity contribution is 9.10. The molecule has 1 saturated heterocycles. The summed E-state index contributed by atoms with van der Waals surface area (Å²) in [5, 5.41) is 8.75. The van der Waals surface area contributed by atoms with Gasteiger partial charge in [-0.1, -0.05) is 15.9 Å². The lowest BCUT2D eigenvalue weighted by Crippen LogP contribution is -2.47. The molecule has 1 aromatic rings. The van der Waals surface area contributed by atoms with Crippen molar-refractivity contribution in [2.75, 3.05) is 20.3 Å². The molecule has 1 aromatic carbocycles. The third-order valence-corrected chi connectivity index (χ3v) is 4.03. The molecule has 2 rings (SSSR count). The van der Waals surface area contributed by atoms with Gasteiger partial charge in [0.25, 0.3) is 0 Å². The first-order valence-electron chi connectivity index (χ1n) is 6.21. The standard InChI is InChI=1S/C14H17BrO4/c1-18-12-5-4-10(15)7-11(12)14(8-19-9-14)6-2-3-13(16)17/h4-5,7H,2-3,6,8-9H2,1H3,(H,16,17). The van der Waals surface area contributed by atoms with Crippen molar-refractivity contribution < 1.29 is 19.4 Å². The lowest BCUT2D eigenvalue weighted by molar-refractivity contribution is -0.137. The fourth-order valence-electron chi connectivity index (χ4n) is 2.46. The summed E-state index contributed by atoms with van der Waals surface area (Å²) in [6.07, 6.45) is 1.64. The van der Waals surface area contributed by atoms with E-state index in [-0.39, 0.29) is 11.8 Å². The van der Waals surface area contributed by atoms with Crippen molar-refractivity contribution in [1.82, 2.24) is 0 Å². The Labute approximate surface area is 120 Å². The van der Waals surface area contributed by atoms with Crippen LogP contribution in [-0.4, -0.2) is 31.4 Å². The second-order valence-corrected chi connectivity index (χ2v) is 5.78. The van der Waals surface area contributed by atoms with Crippen LogP contribution in [0.2, 0.25) is 0 Å². The third kappa shape index (κ3) is 3.09. The summed E-state index contributed by atoms with van der Waals surface area (Å²) in [6.45, 7) is 1.25. The van der Waals surface area contributed by atoms with Crippen LogP contribution >= 0.6 is 15.9 Å². The quantitative estimate of drug-likeness (QED) is 0.872. The molecule has 0 saturated carbocycles. The van der Waals surface area contributed by atoms with Crippen LogP contribution in [0, 0.1) is 0 Å². The van der Waals surface area contributed by atoms with Gasteiger partial charge in [-0.05, 0) is 31.0 Å². The molecule has 19 heavy (non-hydrogen) atoms. The lowest BCUT2D eigenvalue weighted by Gasteiger charge is -2.42. The minimum absolute atomic E-state index is 0.107. The number of hydrogen-bond donors (Lipinski definition) is 1. The number of halogens is 1. The van der Waals surface area contributed by atoms with E-state index < -0.39 is 5.97 Å². The van der Waals surface area contributed by atoms with Gasteiger partial charge in [0, 0.05) is 21.9 Å². The summed E-state index contributed by atoms with van der Waals surface area (Å²) >= 11 is 3.47. The van der Waals surface area contributed by atoms with Crippen LogP contribution in [0.3, 0.4) is 0 Å². The molecular formula is C14H17BrO4. The van der Waals surface area contributed by atoms with Crippen LogP contribution in [0.4, 0.5) is 0 Å². The fourth-order valence-corrected chi connectivity index (χ4v) is 2.82. The van der Waals surface area contributed by atoms with Gasteiger partial charge in [-0.15, -0.1) is 0 Å². The number of benzene rings is 1. The van der Waals surface area contributed by atoms with E-state index >= 15 is 0 Å². The molecule has 0 aliphatic carbocycles. The molecule has 1 fully saturated rings. The van der Waals surface area contributed by atoms with Gasteiger partial charge in [-0.25, -0.2) is 0 Å². The van der Waals surface area contributed by atoms with E-state index in [9.17, 15) is 4.79 Å². The predicted octanol–water partition coefficient (Wildman–Crippen LogP) is 2.98. The second kappa shape index (κ2) is 5.92. The summed E-state index contributed by atoms with van der Waals surface area (Å²) in [5.74, 6) is 0.0819. The maximum absolute atomic E-state index is 10.6. The number of ether oxygens (including phenoxy) is 2. The molecular weight excluding hydrogens is 312 g/mol. The number of rotatable bonds is 6. The van der Waals surface area contributed by atoms with Crippen LogP contribution < -0.4 is 4.74 Å². The lowest BCUT2D eigenvalue weighted by atomic mass is 9.74. The SMILES string of the molecule is COc1ccc(Br)cc1C1(CCCC(=O)O)COC1. The Kier molecular flexibility index (Phi) is 4.47. The Balaban J connectivity index is 2.20. The normalized spacial score (nSPS) is 16.7. The van der Waals surface area contributed by atoms with Crippen molar-refractivity contribution in [3.63, 3.8) is 0 Å². The van der Waals surface area contributed by atoms with Gasteiger partial charge in [0.2, 0.25) is 0 Å². The first kappa shape index (κ1) is 14.3. The Bertz CT molecular complexity index is 469. The highest BCUT2D eigenvalue weighted by atomic mass is 79.9. The Morgan fingerprint density at radius 1 is 1.53 bits per heavy atom. The van der Waals surface area contributed by atoms with Gasteiger partial charge < -0.3 is 14.6 Å². The monoisotopic (exact) mass is 328 g/mol. The molecule has 0 bridgehead atoms. The highest BCUT2D eigenvalue weighted by Crippen LogP contribution is 2.42. The average molecular weight is 329 g/mol. The van der Waals surface area contributed by atoms with Crippen LogP contribution in [0.5, 0.6) is 5.75 Å². The number of carboxylic acids is 1. The van der Waals surface area contributed by atoms with E-state index in [2.05, 4.69) is 15.9 Å². The topological polar surface area (TPSA) is 55.8 Å². The van der Waals surface area contributed by atoms with Crippen LogP contribution in [0.1, 0.15) is 24.8 Å². The third-order valence-electron chi connectivity index (χ3n) is 3.54. The summed E-state index contributed by atoms with van der Waals surface area (Å²) in [4.78, 5) is 10.6. The van der Waals surface area contributed by atoms with Crippen molar-refractivity contribution in [2.45, 2.75) is 24.7 Å². The van der Waals surface area contributed by atoms with Crippen LogP contribution in [0.15, 0.2) is 22.7 Å². The van der Waals surface area contributed by atoms with Crippen molar-refractivity contribution in [2.24, 2.45) is 0 Å². The number of methoxy groups -OCH3 is 1. The van der Waals surface area contributed by atoms with Crippen LogP contribution in [0.25, 0.3) is 0 Å². The fraction of sp³-hybridized carbons (Fsp3) is 0.500. The summed E-state index contributed by atoms with van der Waals surface area (Å²) < 4.78 is 11.8. The highest BCUT2D eigenvalue weighted by Gasteiger charge is 2.42. The number of carbonyl (C=O) groups is 1. The van der Waals surface area contributed by atoms with E-state index in [1.54, 1.807) is 7.11 Å². The van der Waals surface area contributed by atoms with Crippen molar-refractivity contribution >= 4 is 21.9 Å². The zero-order valence-corrected chi connectivity index (χ0v) is 12.4. The number of aliphatic carboxylic acids is 1. The molecule has 0 aromatic heterocycles. The molecule has 0 radical (unpaired) electrons. The molecule has 1 aliphatic heterocycles. The van der Waals surface area contributed by atoms with E-state index in [4.69, 9.17) is 14.6 Å². The first-order valence-corrected chi connectivity index (χ1v) is 7.00. The maximum Gasteiger partial charge on any atom is 0.303 e. The number of carboxylic acid groups (broad SMARTS) is 1. The van der Waals surface area contributed by atoms with Crippen molar-refractivity contribution in [1.29, 1.82) is 0 Å². The van der Waals surface area contributed by atoms with Gasteiger partial charge in [0.15, 0.2) is 0 Å². The zero-order chi connectivity index (χ0) is 13.9. The zero-order valence-electron chi connectivity index (χ0n) is 10.8. The Morgan fingerprint density at radius 2 is 2.26 bits per heavy atom. The molecule has 0 atom stereocenters. The molecule has 0 amide bonds. The molecule has 0 unspecified atom stereocenters. The minimum atomic E-state index is -0.753. The summed E-state index contributed by atoms with van der Waals surface area (Å²) in [5.41, 5.74) is 0.992. The molecule has 1 N–H and O–H groups in total. The molecule has 1 heterocycles. The van der Waals surface area contributed by atoms with E-state index in [1.807, 2.05) is 18.2 Å². The van der Waals surface area contributed by atoms with Gasteiger partial charge in [0.1, 0.15) is 5.75 Å². The summed E-state index contributed by atoms with van der Waals surface area (Å²) in [6, 6.07) is 5.91. The van der Waals surface area contributed by atoms with Crippen molar-refractivity contribution in [3.05, 3.63) is 28.2 Å². The molecule has 4 nitrogen and oxygen atoms in total. The van der Waals surface area contributed by atoms with Gasteiger partial charge in [0.05, 0.1) is 20.3 Å². The first-order chi connectivity index (χ1) is 9.07. The maximum atomic E-state index is 10.6. The Hall–Kier alpha value is -1.07. The van der Waals surface area contributed by atoms with E-state index in [0.29, 0.717) is 19.6 Å². The van der Waals surface area contributed by atoms with Gasteiger partial charge >= 0.3 is 5.97 Å². The van der Waals surface area contributed by atoms with Gasteiger partial charge in [-0.3, -0.25) is 4.79 Å². The second-order valence-electron chi connectivity index (χ2n) is 4.87. The van der Waals surface area contributed by atoms with E-state index in [0.717, 1.165) is 22.2 Å². The summed E-state index contributed by atoms with van der Waals surface area (Å²) in [7, 11) is 1.65.